The number of nitrogens with one attached hydrogen (secondary N) is 1. The number of hydrogen-bond acceptors (Lipinski definition) is 2. The largest absolute Gasteiger partial charge is 0.478 e. The molecule has 0 heterocycles. The smallest absolute Gasteiger partial charge is 0.336 e. The lowest BCUT2D eigenvalue weighted by Crippen LogP contribution is -2.36. The number of carboxylic acids is 1. The number of nitrogens with zero attached hydrogens (tertiary/aromatic N) is 1. The molecule has 0 fully saturated rings. The van der Waals surface area contributed by atoms with Crippen LogP contribution in [-0.2, 0) is 0 Å². The minimum atomic E-state index is -0.981. The highest BCUT2D eigenvalue weighted by Crippen LogP contribution is 2.20. The normalized spacial score (nSPS) is 10.3. The molecule has 1 aromatic carbocycles. The number of rotatable bonds is 6. The van der Waals surface area contributed by atoms with Gasteiger partial charge in [-0.1, -0.05) is 13.8 Å². The molecule has 1 aromatic rings. The summed E-state index contributed by atoms with van der Waals surface area (Å²) >= 11 is 0. The molecule has 2 N–H and O–H groups in total. The Hall–Kier alpha value is -2.04. The second-order valence-corrected chi connectivity index (χ2v) is 5.19. The van der Waals surface area contributed by atoms with Gasteiger partial charge in [-0.2, -0.15) is 0 Å². The average molecular weight is 292 g/mol. The van der Waals surface area contributed by atoms with Crippen LogP contribution in [-0.4, -0.2) is 35.1 Å². The number of hydrogen-bond donors (Lipinski definition) is 2. The summed E-state index contributed by atoms with van der Waals surface area (Å²) in [5.74, 6) is -0.981. The van der Waals surface area contributed by atoms with E-state index in [0.29, 0.717) is 18.8 Å². The zero-order valence-corrected chi connectivity index (χ0v) is 13.2. The molecule has 5 heteroatoms. The SMILES string of the molecule is CCCN(CCC)C(=O)Nc1cc(C)c(C)c(C(=O)O)c1. The van der Waals surface area contributed by atoms with E-state index in [-0.39, 0.29) is 11.6 Å². The predicted octanol–water partition coefficient (Wildman–Crippen LogP) is 3.66. The molecule has 0 atom stereocenters. The Labute approximate surface area is 126 Å². The summed E-state index contributed by atoms with van der Waals surface area (Å²) in [6.45, 7) is 9.04. The van der Waals surface area contributed by atoms with Gasteiger partial charge in [0, 0.05) is 18.8 Å². The molecule has 2 amide bonds. The van der Waals surface area contributed by atoms with Gasteiger partial charge < -0.3 is 15.3 Å². The van der Waals surface area contributed by atoms with Crippen molar-refractivity contribution in [3.8, 4) is 0 Å². The van der Waals surface area contributed by atoms with Crippen LogP contribution in [0.15, 0.2) is 12.1 Å². The molecule has 0 aliphatic carbocycles. The standard InChI is InChI=1S/C16H24N2O3/c1-5-7-18(8-6-2)16(21)17-13-9-11(3)12(4)14(10-13)15(19)20/h9-10H,5-8H2,1-4H3,(H,17,21)(H,19,20). The lowest BCUT2D eigenvalue weighted by Gasteiger charge is -2.22. The monoisotopic (exact) mass is 292 g/mol. The first-order valence-corrected chi connectivity index (χ1v) is 7.31. The highest BCUT2D eigenvalue weighted by Gasteiger charge is 2.15. The number of aryl methyl sites for hydroxylation is 1. The van der Waals surface area contributed by atoms with Crippen molar-refractivity contribution in [2.75, 3.05) is 18.4 Å². The van der Waals surface area contributed by atoms with Crippen molar-refractivity contribution in [1.29, 1.82) is 0 Å². The van der Waals surface area contributed by atoms with Crippen LogP contribution in [0.5, 0.6) is 0 Å². The summed E-state index contributed by atoms with van der Waals surface area (Å²) in [5, 5.41) is 12.0. The fourth-order valence-electron chi connectivity index (χ4n) is 2.21. The molecule has 5 nitrogen and oxygen atoms in total. The average Bonchev–Trinajstić information content (AvgIpc) is 2.42. The molecule has 0 bridgehead atoms. The number of urea groups is 1. The number of carbonyl (C=O) groups excluding carboxylic acids is 1. The molecule has 0 aliphatic rings. The van der Waals surface area contributed by atoms with Gasteiger partial charge in [-0.3, -0.25) is 0 Å². The summed E-state index contributed by atoms with van der Waals surface area (Å²) in [7, 11) is 0. The number of amides is 2. The van der Waals surface area contributed by atoms with Crippen LogP contribution in [0.2, 0.25) is 0 Å². The third kappa shape index (κ3) is 4.48. The van der Waals surface area contributed by atoms with Gasteiger partial charge in [-0.15, -0.1) is 0 Å². The maximum atomic E-state index is 12.2. The second kappa shape index (κ2) is 7.67. The Morgan fingerprint density at radius 1 is 1.14 bits per heavy atom. The number of aromatic carboxylic acids is 1. The molecule has 0 aliphatic heterocycles. The van der Waals surface area contributed by atoms with Gasteiger partial charge in [-0.25, -0.2) is 9.59 Å². The fourth-order valence-corrected chi connectivity index (χ4v) is 2.21. The first kappa shape index (κ1) is 17.0. The molecule has 0 radical (unpaired) electrons. The van der Waals surface area contributed by atoms with Crippen LogP contribution in [0.1, 0.15) is 48.2 Å². The Kier molecular flexibility index (Phi) is 6.21. The summed E-state index contributed by atoms with van der Waals surface area (Å²) in [5.41, 5.74) is 2.32. The summed E-state index contributed by atoms with van der Waals surface area (Å²) in [6, 6.07) is 3.13. The van der Waals surface area contributed by atoms with Crippen LogP contribution < -0.4 is 5.32 Å². The van der Waals surface area contributed by atoms with Crippen molar-refractivity contribution in [3.05, 3.63) is 28.8 Å². The zero-order chi connectivity index (χ0) is 16.0. The van der Waals surface area contributed by atoms with E-state index in [0.717, 1.165) is 24.0 Å². The van der Waals surface area contributed by atoms with Gasteiger partial charge in [-0.05, 0) is 49.9 Å². The number of carbonyl (C=O) groups is 2. The first-order chi connectivity index (χ1) is 9.90. The molecule has 0 aromatic heterocycles. The van der Waals surface area contributed by atoms with Crippen molar-refractivity contribution in [2.24, 2.45) is 0 Å². The van der Waals surface area contributed by atoms with Crippen molar-refractivity contribution in [2.45, 2.75) is 40.5 Å². The van der Waals surface area contributed by atoms with Crippen molar-refractivity contribution < 1.29 is 14.7 Å². The van der Waals surface area contributed by atoms with Gasteiger partial charge in [0.15, 0.2) is 0 Å². The van der Waals surface area contributed by atoms with Gasteiger partial charge >= 0.3 is 12.0 Å². The Morgan fingerprint density at radius 3 is 2.19 bits per heavy atom. The molecular formula is C16H24N2O3. The van der Waals surface area contributed by atoms with Crippen LogP contribution in [0.25, 0.3) is 0 Å². The lowest BCUT2D eigenvalue weighted by molar-refractivity contribution is 0.0696. The number of benzene rings is 1. The van der Waals surface area contributed by atoms with E-state index in [1.54, 1.807) is 17.9 Å². The van der Waals surface area contributed by atoms with E-state index in [4.69, 9.17) is 0 Å². The molecule has 0 saturated heterocycles. The molecule has 116 valence electrons. The van der Waals surface area contributed by atoms with Crippen molar-refractivity contribution >= 4 is 17.7 Å². The molecular weight excluding hydrogens is 268 g/mol. The number of carboxylic acid groups (broad SMARTS) is 1. The van der Waals surface area contributed by atoms with Crippen LogP contribution in [0.3, 0.4) is 0 Å². The highest BCUT2D eigenvalue weighted by atomic mass is 16.4. The van der Waals surface area contributed by atoms with E-state index in [9.17, 15) is 14.7 Å². The minimum absolute atomic E-state index is 0.182. The summed E-state index contributed by atoms with van der Waals surface area (Å²) in [6.07, 6.45) is 1.78. The molecule has 21 heavy (non-hydrogen) atoms. The molecule has 0 saturated carbocycles. The summed E-state index contributed by atoms with van der Waals surface area (Å²) < 4.78 is 0. The van der Waals surface area contributed by atoms with Gasteiger partial charge in [0.1, 0.15) is 0 Å². The van der Waals surface area contributed by atoms with E-state index >= 15 is 0 Å². The van der Waals surface area contributed by atoms with Gasteiger partial charge in [0.25, 0.3) is 0 Å². The minimum Gasteiger partial charge on any atom is -0.478 e. The molecule has 0 unspecified atom stereocenters. The third-order valence-corrected chi connectivity index (χ3v) is 3.42. The number of anilines is 1. The highest BCUT2D eigenvalue weighted by molar-refractivity contribution is 5.94. The van der Waals surface area contributed by atoms with Crippen molar-refractivity contribution in [1.82, 2.24) is 4.90 Å². The maximum absolute atomic E-state index is 12.2. The molecule has 0 spiro atoms. The van der Waals surface area contributed by atoms with Crippen LogP contribution >= 0.6 is 0 Å². The second-order valence-electron chi connectivity index (χ2n) is 5.19. The Balaban J connectivity index is 2.96. The topological polar surface area (TPSA) is 69.6 Å². The van der Waals surface area contributed by atoms with Gasteiger partial charge in [0.05, 0.1) is 5.56 Å². The van der Waals surface area contributed by atoms with Crippen LogP contribution in [0.4, 0.5) is 10.5 Å². The van der Waals surface area contributed by atoms with E-state index in [2.05, 4.69) is 5.32 Å². The van der Waals surface area contributed by atoms with Crippen LogP contribution in [0, 0.1) is 13.8 Å². The Bertz CT molecular complexity index is 520. The van der Waals surface area contributed by atoms with E-state index in [1.165, 1.54) is 6.07 Å². The third-order valence-electron chi connectivity index (χ3n) is 3.42. The maximum Gasteiger partial charge on any atom is 0.336 e. The van der Waals surface area contributed by atoms with Crippen molar-refractivity contribution in [3.63, 3.8) is 0 Å². The zero-order valence-electron chi connectivity index (χ0n) is 13.2. The summed E-state index contributed by atoms with van der Waals surface area (Å²) in [4.78, 5) is 25.2. The van der Waals surface area contributed by atoms with Gasteiger partial charge in [0.2, 0.25) is 0 Å². The fraction of sp³-hybridized carbons (Fsp3) is 0.500. The predicted molar refractivity (Wildman–Crippen MR) is 84.0 cm³/mol. The lowest BCUT2D eigenvalue weighted by atomic mass is 10.0. The Morgan fingerprint density at radius 2 is 1.71 bits per heavy atom. The van der Waals surface area contributed by atoms with E-state index < -0.39 is 5.97 Å². The first-order valence-electron chi connectivity index (χ1n) is 7.31. The quantitative estimate of drug-likeness (QED) is 0.840. The molecule has 1 rings (SSSR count). The van der Waals surface area contributed by atoms with E-state index in [1.807, 2.05) is 20.8 Å².